The van der Waals surface area contributed by atoms with Crippen molar-refractivity contribution in [2.24, 2.45) is 11.1 Å². The second-order valence-corrected chi connectivity index (χ2v) is 5.38. The van der Waals surface area contributed by atoms with Gasteiger partial charge < -0.3 is 15.4 Å². The van der Waals surface area contributed by atoms with Crippen molar-refractivity contribution in [3.8, 4) is 0 Å². The quantitative estimate of drug-likeness (QED) is 0.587. The molecular weight excluding hydrogens is 264 g/mol. The Balaban J connectivity index is 2.60. The van der Waals surface area contributed by atoms with Gasteiger partial charge >= 0.3 is 5.97 Å². The molecule has 5 nitrogen and oxygen atoms in total. The van der Waals surface area contributed by atoms with Crippen LogP contribution in [0.15, 0.2) is 0 Å². The third-order valence-electron chi connectivity index (χ3n) is 3.64. The predicted molar refractivity (Wildman–Crippen MR) is 76.6 cm³/mol. The molecule has 1 saturated carbocycles. The topological polar surface area (TPSA) is 72.6 Å². The Morgan fingerprint density at radius 1 is 1.37 bits per heavy atom. The lowest BCUT2D eigenvalue weighted by Gasteiger charge is -2.31. The molecular formula is C13H22N2O3S. The lowest BCUT2D eigenvalue weighted by Crippen LogP contribution is -2.48. The fourth-order valence-corrected chi connectivity index (χ4v) is 2.79. The number of amides is 1. The average Bonchev–Trinajstić information content (AvgIpc) is 2.86. The van der Waals surface area contributed by atoms with Gasteiger partial charge in [0, 0.05) is 13.6 Å². The fourth-order valence-electron chi connectivity index (χ4n) is 2.50. The van der Waals surface area contributed by atoms with Gasteiger partial charge in [-0.2, -0.15) is 0 Å². The van der Waals surface area contributed by atoms with Crippen LogP contribution in [0.3, 0.4) is 0 Å². The lowest BCUT2D eigenvalue weighted by atomic mass is 9.84. The number of hydrogen-bond donors (Lipinski definition) is 1. The highest BCUT2D eigenvalue weighted by atomic mass is 32.1. The minimum Gasteiger partial charge on any atom is -0.466 e. The SMILES string of the molecule is CCOC(=O)CCN(C)C(=O)C1(C(N)=S)CCCC1. The van der Waals surface area contributed by atoms with E-state index in [1.165, 1.54) is 0 Å². The Kier molecular flexibility index (Phi) is 5.72. The zero-order valence-electron chi connectivity index (χ0n) is 11.6. The third-order valence-corrected chi connectivity index (χ3v) is 4.03. The van der Waals surface area contributed by atoms with Crippen LogP contribution < -0.4 is 5.73 Å². The molecule has 0 atom stereocenters. The number of carbonyl (C=O) groups is 2. The van der Waals surface area contributed by atoms with Gasteiger partial charge in [0.15, 0.2) is 0 Å². The Morgan fingerprint density at radius 2 is 1.95 bits per heavy atom. The maximum Gasteiger partial charge on any atom is 0.307 e. The largest absolute Gasteiger partial charge is 0.466 e. The van der Waals surface area contributed by atoms with E-state index in [0.29, 0.717) is 26.0 Å². The highest BCUT2D eigenvalue weighted by molar-refractivity contribution is 7.80. The van der Waals surface area contributed by atoms with Crippen molar-refractivity contribution >= 4 is 29.1 Å². The summed E-state index contributed by atoms with van der Waals surface area (Å²) in [6.07, 6.45) is 3.56. The van der Waals surface area contributed by atoms with Crippen LogP contribution in [0.1, 0.15) is 39.0 Å². The number of hydrogen-bond acceptors (Lipinski definition) is 4. The normalized spacial score (nSPS) is 16.9. The van der Waals surface area contributed by atoms with Gasteiger partial charge in [0.05, 0.1) is 23.4 Å². The van der Waals surface area contributed by atoms with Gasteiger partial charge in [-0.25, -0.2) is 0 Å². The first-order chi connectivity index (χ1) is 8.94. The molecule has 0 radical (unpaired) electrons. The molecule has 0 spiro atoms. The molecule has 0 bridgehead atoms. The molecule has 0 heterocycles. The van der Waals surface area contributed by atoms with Crippen LogP contribution in [0.25, 0.3) is 0 Å². The number of carbonyl (C=O) groups excluding carboxylic acids is 2. The van der Waals surface area contributed by atoms with Crippen molar-refractivity contribution in [3.63, 3.8) is 0 Å². The van der Waals surface area contributed by atoms with Crippen LogP contribution >= 0.6 is 12.2 Å². The van der Waals surface area contributed by atoms with E-state index in [0.717, 1.165) is 12.8 Å². The van der Waals surface area contributed by atoms with Gasteiger partial charge in [0.2, 0.25) is 5.91 Å². The highest BCUT2D eigenvalue weighted by Gasteiger charge is 2.45. The Hall–Kier alpha value is -1.17. The van der Waals surface area contributed by atoms with Crippen molar-refractivity contribution in [1.82, 2.24) is 4.90 Å². The molecule has 1 rings (SSSR count). The standard InChI is InChI=1S/C13H22N2O3S/c1-3-18-10(16)6-9-15(2)12(17)13(11(14)19)7-4-5-8-13/h3-9H2,1-2H3,(H2,14,19). The molecule has 0 unspecified atom stereocenters. The Bertz CT molecular complexity index is 365. The Labute approximate surface area is 119 Å². The third kappa shape index (κ3) is 3.65. The van der Waals surface area contributed by atoms with Gasteiger partial charge in [0.25, 0.3) is 0 Å². The number of ether oxygens (including phenoxy) is 1. The molecule has 1 aliphatic carbocycles. The molecule has 0 aromatic carbocycles. The van der Waals surface area contributed by atoms with Gasteiger partial charge in [-0.3, -0.25) is 9.59 Å². The number of nitrogens with zero attached hydrogens (tertiary/aromatic N) is 1. The van der Waals surface area contributed by atoms with Gasteiger partial charge in [-0.05, 0) is 19.8 Å². The summed E-state index contributed by atoms with van der Waals surface area (Å²) in [5.41, 5.74) is 5.07. The second-order valence-electron chi connectivity index (χ2n) is 4.94. The van der Waals surface area contributed by atoms with E-state index in [4.69, 9.17) is 22.7 Å². The average molecular weight is 286 g/mol. The van der Waals surface area contributed by atoms with E-state index >= 15 is 0 Å². The molecule has 6 heteroatoms. The summed E-state index contributed by atoms with van der Waals surface area (Å²) in [5.74, 6) is -0.361. The maximum absolute atomic E-state index is 12.5. The van der Waals surface area contributed by atoms with Crippen molar-refractivity contribution in [3.05, 3.63) is 0 Å². The minimum atomic E-state index is -0.696. The summed E-state index contributed by atoms with van der Waals surface area (Å²) in [6.45, 7) is 2.45. The fraction of sp³-hybridized carbons (Fsp3) is 0.769. The second kappa shape index (κ2) is 6.84. The van der Waals surface area contributed by atoms with E-state index in [1.807, 2.05) is 0 Å². The molecule has 1 fully saturated rings. The van der Waals surface area contributed by atoms with Gasteiger partial charge in [-0.15, -0.1) is 0 Å². The summed E-state index contributed by atoms with van der Waals surface area (Å²) in [5, 5.41) is 0. The smallest absolute Gasteiger partial charge is 0.307 e. The molecule has 1 aliphatic rings. The summed E-state index contributed by atoms with van der Waals surface area (Å²) < 4.78 is 4.84. The molecule has 108 valence electrons. The zero-order chi connectivity index (χ0) is 14.5. The molecule has 2 N–H and O–H groups in total. The maximum atomic E-state index is 12.5. The van der Waals surface area contributed by atoms with E-state index < -0.39 is 5.41 Å². The lowest BCUT2D eigenvalue weighted by molar-refractivity contribution is -0.144. The van der Waals surface area contributed by atoms with Crippen LogP contribution in [0, 0.1) is 5.41 Å². The molecule has 0 saturated heterocycles. The van der Waals surface area contributed by atoms with E-state index in [-0.39, 0.29) is 23.3 Å². The number of rotatable bonds is 6. The molecule has 0 aromatic heterocycles. The van der Waals surface area contributed by atoms with Crippen LogP contribution in [0.4, 0.5) is 0 Å². The summed E-state index contributed by atoms with van der Waals surface area (Å²) >= 11 is 5.08. The van der Waals surface area contributed by atoms with Crippen molar-refractivity contribution in [2.45, 2.75) is 39.0 Å². The first-order valence-electron chi connectivity index (χ1n) is 6.65. The van der Waals surface area contributed by atoms with Crippen LogP contribution in [0.5, 0.6) is 0 Å². The van der Waals surface area contributed by atoms with Crippen LogP contribution in [-0.2, 0) is 14.3 Å². The van der Waals surface area contributed by atoms with Crippen molar-refractivity contribution < 1.29 is 14.3 Å². The monoisotopic (exact) mass is 286 g/mol. The first-order valence-corrected chi connectivity index (χ1v) is 7.06. The number of nitrogens with two attached hydrogens (primary N) is 1. The van der Waals surface area contributed by atoms with Gasteiger partial charge in [0.1, 0.15) is 0 Å². The van der Waals surface area contributed by atoms with E-state index in [9.17, 15) is 9.59 Å². The zero-order valence-corrected chi connectivity index (χ0v) is 12.4. The van der Waals surface area contributed by atoms with Crippen molar-refractivity contribution in [1.29, 1.82) is 0 Å². The predicted octanol–water partition coefficient (Wildman–Crippen LogP) is 1.24. The minimum absolute atomic E-state index is 0.0678. The number of esters is 1. The molecule has 19 heavy (non-hydrogen) atoms. The summed E-state index contributed by atoms with van der Waals surface area (Å²) in [6, 6.07) is 0. The van der Waals surface area contributed by atoms with Crippen LogP contribution in [-0.4, -0.2) is 42.0 Å². The number of thiocarbonyl (C=S) groups is 1. The summed E-state index contributed by atoms with van der Waals surface area (Å²) in [4.78, 5) is 25.6. The Morgan fingerprint density at radius 3 is 2.42 bits per heavy atom. The van der Waals surface area contributed by atoms with Crippen LogP contribution in [0.2, 0.25) is 0 Å². The van der Waals surface area contributed by atoms with Crippen molar-refractivity contribution in [2.75, 3.05) is 20.2 Å². The molecule has 0 aliphatic heterocycles. The van der Waals surface area contributed by atoms with Gasteiger partial charge in [-0.1, -0.05) is 25.1 Å². The highest BCUT2D eigenvalue weighted by Crippen LogP contribution is 2.39. The molecule has 0 aromatic rings. The molecule has 1 amide bonds. The summed E-state index contributed by atoms with van der Waals surface area (Å²) in [7, 11) is 1.68. The van der Waals surface area contributed by atoms with E-state index in [2.05, 4.69) is 0 Å². The van der Waals surface area contributed by atoms with E-state index in [1.54, 1.807) is 18.9 Å². The first kappa shape index (κ1) is 15.9.